The van der Waals surface area contributed by atoms with Crippen LogP contribution in [0.2, 0.25) is 5.02 Å². The van der Waals surface area contributed by atoms with Crippen molar-refractivity contribution in [1.82, 2.24) is 19.9 Å². The molecule has 7 nitrogen and oxygen atoms in total. The number of carbonyl (C=O) groups is 2. The third-order valence-electron chi connectivity index (χ3n) is 5.49. The van der Waals surface area contributed by atoms with E-state index in [2.05, 4.69) is 15.0 Å². The number of imidazole rings is 1. The van der Waals surface area contributed by atoms with Gasteiger partial charge in [0.05, 0.1) is 17.2 Å². The summed E-state index contributed by atoms with van der Waals surface area (Å²) in [7, 11) is 0. The molecule has 1 fully saturated rings. The van der Waals surface area contributed by atoms with Gasteiger partial charge in [-0.15, -0.1) is 0 Å². The van der Waals surface area contributed by atoms with Crippen LogP contribution in [-0.2, 0) is 11.2 Å². The van der Waals surface area contributed by atoms with Crippen LogP contribution in [0.5, 0.6) is 0 Å². The quantitative estimate of drug-likeness (QED) is 0.669. The van der Waals surface area contributed by atoms with Gasteiger partial charge in [0, 0.05) is 42.7 Å². The fourth-order valence-electron chi connectivity index (χ4n) is 4.02. The molecule has 150 valence electrons. The normalized spacial score (nSPS) is 19.4. The molecule has 0 spiro atoms. The molecule has 3 heterocycles. The number of aromatic amines is 1. The van der Waals surface area contributed by atoms with E-state index in [1.54, 1.807) is 41.6 Å². The van der Waals surface area contributed by atoms with Gasteiger partial charge >= 0.3 is 5.97 Å². The molecule has 2 N–H and O–H groups in total. The van der Waals surface area contributed by atoms with E-state index in [-0.39, 0.29) is 24.2 Å². The molecule has 1 aliphatic heterocycles. The summed E-state index contributed by atoms with van der Waals surface area (Å²) in [6.45, 7) is 1.04. The van der Waals surface area contributed by atoms with Crippen LogP contribution in [0.3, 0.4) is 0 Å². The topological polar surface area (TPSA) is 99.2 Å². The second-order valence-electron chi connectivity index (χ2n) is 7.45. The monoisotopic (exact) mass is 412 g/mol. The van der Waals surface area contributed by atoms with Crippen molar-refractivity contribution in [3.05, 3.63) is 59.1 Å². The van der Waals surface area contributed by atoms with Gasteiger partial charge in [0.1, 0.15) is 5.82 Å². The molecule has 2 unspecified atom stereocenters. The first kappa shape index (κ1) is 19.4. The summed E-state index contributed by atoms with van der Waals surface area (Å²) in [5.41, 5.74) is 2.26. The van der Waals surface area contributed by atoms with E-state index < -0.39 is 5.97 Å². The molecule has 1 aliphatic rings. The summed E-state index contributed by atoms with van der Waals surface area (Å²) in [5.74, 6) is -0.0903. The molecule has 0 aliphatic carbocycles. The molecule has 3 aromatic rings. The number of carboxylic acid groups (broad SMARTS) is 1. The third kappa shape index (κ3) is 4.40. The summed E-state index contributed by atoms with van der Waals surface area (Å²) in [4.78, 5) is 38.0. The number of pyridine rings is 1. The summed E-state index contributed by atoms with van der Waals surface area (Å²) in [5, 5.41) is 9.90. The molecule has 2 atom stereocenters. The molecule has 2 aromatic heterocycles. The Morgan fingerprint density at radius 1 is 1.21 bits per heavy atom. The fourth-order valence-corrected chi connectivity index (χ4v) is 4.15. The van der Waals surface area contributed by atoms with Crippen LogP contribution in [0.15, 0.2) is 42.7 Å². The highest BCUT2D eigenvalue weighted by Gasteiger charge is 2.33. The smallest absolute Gasteiger partial charge is 0.303 e. The second kappa shape index (κ2) is 8.21. The maximum atomic E-state index is 12.9. The van der Waals surface area contributed by atoms with Gasteiger partial charge in [0.2, 0.25) is 0 Å². The summed E-state index contributed by atoms with van der Waals surface area (Å²) in [6, 6.07) is 8.67. The predicted molar refractivity (Wildman–Crippen MR) is 109 cm³/mol. The van der Waals surface area contributed by atoms with E-state index in [1.807, 2.05) is 6.07 Å². The van der Waals surface area contributed by atoms with Crippen molar-refractivity contribution >= 4 is 34.5 Å². The van der Waals surface area contributed by atoms with E-state index >= 15 is 0 Å². The number of aromatic nitrogens is 3. The standard InChI is InChI=1S/C21H21ClN4O3/c22-16-3-1-13(2-4-16)21(29)26-8-6-14(10-20(27)28)15(12-26)9-19-24-17-5-7-23-11-18(17)25-19/h1-5,7,11,14-15H,6,8-10,12H2,(H,24,25)(H,27,28). The van der Waals surface area contributed by atoms with E-state index in [4.69, 9.17) is 11.6 Å². The van der Waals surface area contributed by atoms with E-state index in [0.29, 0.717) is 36.5 Å². The lowest BCUT2D eigenvalue weighted by Crippen LogP contribution is -2.45. The number of rotatable bonds is 5. The number of amides is 1. The average molecular weight is 413 g/mol. The minimum absolute atomic E-state index is 0.00428. The van der Waals surface area contributed by atoms with Crippen LogP contribution in [0.25, 0.3) is 11.0 Å². The fraction of sp³-hybridized carbons (Fsp3) is 0.333. The van der Waals surface area contributed by atoms with Gasteiger partial charge in [-0.3, -0.25) is 14.6 Å². The maximum absolute atomic E-state index is 12.9. The second-order valence-corrected chi connectivity index (χ2v) is 7.88. The molecular weight excluding hydrogens is 392 g/mol. The summed E-state index contributed by atoms with van der Waals surface area (Å²) < 4.78 is 0. The van der Waals surface area contributed by atoms with Crippen LogP contribution in [0.1, 0.15) is 29.0 Å². The largest absolute Gasteiger partial charge is 0.481 e. The van der Waals surface area contributed by atoms with E-state index in [1.165, 1.54) is 0 Å². The van der Waals surface area contributed by atoms with Crippen molar-refractivity contribution in [3.63, 3.8) is 0 Å². The Labute approximate surface area is 172 Å². The van der Waals surface area contributed by atoms with Crippen molar-refractivity contribution in [2.24, 2.45) is 11.8 Å². The number of hydrogen-bond acceptors (Lipinski definition) is 4. The lowest BCUT2D eigenvalue weighted by Gasteiger charge is -2.38. The van der Waals surface area contributed by atoms with Crippen LogP contribution in [0, 0.1) is 11.8 Å². The zero-order chi connectivity index (χ0) is 20.4. The number of aliphatic carboxylic acids is 1. The van der Waals surface area contributed by atoms with Gasteiger partial charge in [-0.05, 0) is 48.6 Å². The number of halogens is 1. The Morgan fingerprint density at radius 2 is 2.00 bits per heavy atom. The highest BCUT2D eigenvalue weighted by molar-refractivity contribution is 6.30. The van der Waals surface area contributed by atoms with Gasteiger partial charge in [-0.2, -0.15) is 0 Å². The highest BCUT2D eigenvalue weighted by atomic mass is 35.5. The molecule has 0 radical (unpaired) electrons. The van der Waals surface area contributed by atoms with E-state index in [9.17, 15) is 14.7 Å². The molecule has 1 amide bonds. The number of carboxylic acids is 1. The number of carbonyl (C=O) groups excluding carboxylic acids is 1. The molecule has 8 heteroatoms. The lowest BCUT2D eigenvalue weighted by atomic mass is 9.81. The number of nitrogens with one attached hydrogen (secondary N) is 1. The molecule has 4 rings (SSSR count). The number of fused-ring (bicyclic) bond motifs is 1. The first-order valence-corrected chi connectivity index (χ1v) is 9.92. The van der Waals surface area contributed by atoms with Crippen LogP contribution in [0.4, 0.5) is 0 Å². The SMILES string of the molecule is O=C(O)CC1CCN(C(=O)c2ccc(Cl)cc2)CC1Cc1nc2ccncc2[nH]1. The van der Waals surface area contributed by atoms with Crippen molar-refractivity contribution in [2.45, 2.75) is 19.3 Å². The first-order valence-electron chi connectivity index (χ1n) is 9.55. The van der Waals surface area contributed by atoms with Crippen LogP contribution in [-0.4, -0.2) is 49.9 Å². The number of benzene rings is 1. The molecule has 0 bridgehead atoms. The van der Waals surface area contributed by atoms with Gasteiger partial charge < -0.3 is 15.0 Å². The Balaban J connectivity index is 1.54. The molecule has 1 aromatic carbocycles. The molecule has 1 saturated heterocycles. The van der Waals surface area contributed by atoms with Gasteiger partial charge in [-0.1, -0.05) is 11.6 Å². The number of hydrogen-bond donors (Lipinski definition) is 2. The summed E-state index contributed by atoms with van der Waals surface area (Å²) >= 11 is 5.92. The predicted octanol–water partition coefficient (Wildman–Crippen LogP) is 3.41. The Hall–Kier alpha value is -2.93. The minimum Gasteiger partial charge on any atom is -0.481 e. The minimum atomic E-state index is -0.814. The van der Waals surface area contributed by atoms with Crippen molar-refractivity contribution in [1.29, 1.82) is 0 Å². The number of nitrogens with zero attached hydrogens (tertiary/aromatic N) is 3. The Bertz CT molecular complexity index is 1000. The van der Waals surface area contributed by atoms with E-state index in [0.717, 1.165) is 16.9 Å². The van der Waals surface area contributed by atoms with Gasteiger partial charge in [0.25, 0.3) is 5.91 Å². The van der Waals surface area contributed by atoms with Crippen LogP contribution >= 0.6 is 11.6 Å². The lowest BCUT2D eigenvalue weighted by molar-refractivity contribution is -0.139. The van der Waals surface area contributed by atoms with Crippen molar-refractivity contribution in [3.8, 4) is 0 Å². The van der Waals surface area contributed by atoms with Gasteiger partial charge in [-0.25, -0.2) is 4.98 Å². The Kier molecular flexibility index (Phi) is 5.49. The zero-order valence-corrected chi connectivity index (χ0v) is 16.5. The number of likely N-dealkylation sites (tertiary alicyclic amines) is 1. The molecule has 29 heavy (non-hydrogen) atoms. The molecule has 0 saturated carbocycles. The van der Waals surface area contributed by atoms with Crippen LogP contribution < -0.4 is 0 Å². The Morgan fingerprint density at radius 3 is 2.72 bits per heavy atom. The first-order chi connectivity index (χ1) is 14.0. The average Bonchev–Trinajstić information content (AvgIpc) is 3.11. The van der Waals surface area contributed by atoms with Gasteiger partial charge in [0.15, 0.2) is 0 Å². The highest BCUT2D eigenvalue weighted by Crippen LogP contribution is 2.30. The zero-order valence-electron chi connectivity index (χ0n) is 15.7. The molecular formula is C21H21ClN4O3. The van der Waals surface area contributed by atoms with Crippen molar-refractivity contribution < 1.29 is 14.7 Å². The third-order valence-corrected chi connectivity index (χ3v) is 5.75. The maximum Gasteiger partial charge on any atom is 0.303 e. The van der Waals surface area contributed by atoms with Crippen molar-refractivity contribution in [2.75, 3.05) is 13.1 Å². The summed E-state index contributed by atoms with van der Waals surface area (Å²) in [6.07, 6.45) is 4.73. The number of H-pyrrole nitrogens is 1. The number of piperidine rings is 1.